The lowest BCUT2D eigenvalue weighted by Gasteiger charge is -2.31. The lowest BCUT2D eigenvalue weighted by Crippen LogP contribution is -2.26. The Balaban J connectivity index is 1.29. The average molecular weight is 655 g/mol. The first-order chi connectivity index (χ1) is 25.1. The van der Waals surface area contributed by atoms with Crippen molar-refractivity contribution in [2.75, 3.05) is 0 Å². The van der Waals surface area contributed by atoms with Gasteiger partial charge in [-0.25, -0.2) is 0 Å². The summed E-state index contributed by atoms with van der Waals surface area (Å²) in [6.45, 7) is 1.98. The summed E-state index contributed by atoms with van der Waals surface area (Å²) in [5.74, 6) is 0. The first-order valence-corrected chi connectivity index (χ1v) is 17.7. The van der Waals surface area contributed by atoms with E-state index >= 15 is 0 Å². The highest BCUT2D eigenvalue weighted by Crippen LogP contribution is 2.65. The van der Waals surface area contributed by atoms with Crippen LogP contribution in [0.2, 0.25) is 0 Å². The Kier molecular flexibility index (Phi) is 7.33. The molecule has 0 saturated heterocycles. The number of allylic oxidation sites excluding steroid dienone is 6. The lowest BCUT2D eigenvalue weighted by molar-refractivity contribution is 0.795. The number of nitrogens with two attached hydrogens (primary N) is 2. The molecule has 0 aromatic heterocycles. The third-order valence-electron chi connectivity index (χ3n) is 10.8. The fraction of sp³-hybridized carbons (Fsp3) is 0.0612. The normalized spacial score (nSPS) is 14.5. The highest BCUT2D eigenvalue weighted by Gasteiger charge is 2.52. The summed E-state index contributed by atoms with van der Waals surface area (Å²) in [4.78, 5) is 0. The van der Waals surface area contributed by atoms with Crippen LogP contribution in [-0.2, 0) is 5.41 Å². The molecule has 0 radical (unpaired) electrons. The van der Waals surface area contributed by atoms with Gasteiger partial charge in [0, 0.05) is 17.8 Å². The van der Waals surface area contributed by atoms with Gasteiger partial charge in [-0.05, 0) is 114 Å². The van der Waals surface area contributed by atoms with Gasteiger partial charge < -0.3 is 11.5 Å². The molecule has 51 heavy (non-hydrogen) atoms. The molecule has 0 unspecified atom stereocenters. The van der Waals surface area contributed by atoms with E-state index in [1.165, 1.54) is 71.6 Å². The van der Waals surface area contributed by atoms with Gasteiger partial charge in [-0.2, -0.15) is 0 Å². The van der Waals surface area contributed by atoms with Crippen molar-refractivity contribution >= 4 is 27.2 Å². The Bertz CT molecular complexity index is 2600. The second kappa shape index (κ2) is 12.2. The quantitative estimate of drug-likeness (QED) is 0.175. The van der Waals surface area contributed by atoms with Crippen LogP contribution in [0.25, 0.3) is 60.6 Å². The molecule has 1 spiro atoms. The maximum Gasteiger partial charge on any atom is 0.0726 e. The van der Waals surface area contributed by atoms with Crippen molar-refractivity contribution < 1.29 is 0 Å². The second-order valence-corrected chi connectivity index (χ2v) is 13.5. The van der Waals surface area contributed by atoms with Crippen LogP contribution in [-0.4, -0.2) is 0 Å². The minimum atomic E-state index is -0.453. The number of hydrogen-bond acceptors (Lipinski definition) is 2. The Labute approximate surface area is 299 Å². The largest absolute Gasteiger partial charge is 0.402 e. The molecule has 0 aliphatic heterocycles. The van der Waals surface area contributed by atoms with Gasteiger partial charge in [0.15, 0.2) is 0 Å². The SMILES string of the molecule is C/C=C\C=C(/N)C/C=C\C=C(/N)c1cccc(-c2cc3c(c4ccccc24)-c2c(ccc4ccccc24)C32c3ccccc3-c3ccccc32)c1. The van der Waals surface area contributed by atoms with Crippen LogP contribution in [0.4, 0.5) is 0 Å². The monoisotopic (exact) mass is 654 g/mol. The van der Waals surface area contributed by atoms with E-state index < -0.39 is 5.41 Å². The molecule has 7 aromatic carbocycles. The predicted octanol–water partition coefficient (Wildman–Crippen LogP) is 11.7. The van der Waals surface area contributed by atoms with Gasteiger partial charge in [-0.15, -0.1) is 0 Å². The molecule has 0 heterocycles. The van der Waals surface area contributed by atoms with Gasteiger partial charge in [0.05, 0.1) is 5.41 Å². The molecule has 0 atom stereocenters. The Hall–Kier alpha value is -6.38. The van der Waals surface area contributed by atoms with Crippen molar-refractivity contribution in [1.82, 2.24) is 0 Å². The van der Waals surface area contributed by atoms with Crippen molar-refractivity contribution in [2.24, 2.45) is 11.5 Å². The summed E-state index contributed by atoms with van der Waals surface area (Å²) < 4.78 is 0. The minimum Gasteiger partial charge on any atom is -0.402 e. The van der Waals surface area contributed by atoms with Gasteiger partial charge in [0.2, 0.25) is 0 Å². The molecule has 2 aliphatic rings. The molecule has 0 saturated carbocycles. The number of benzene rings is 7. The molecule has 0 fully saturated rings. The molecule has 2 aliphatic carbocycles. The number of fused-ring (bicyclic) bond motifs is 14. The number of hydrogen-bond donors (Lipinski definition) is 2. The highest BCUT2D eigenvalue weighted by molar-refractivity contribution is 6.16. The van der Waals surface area contributed by atoms with Crippen molar-refractivity contribution in [1.29, 1.82) is 0 Å². The molecule has 244 valence electrons. The molecular formula is C49H38N2. The summed E-state index contributed by atoms with van der Waals surface area (Å²) in [6, 6.07) is 51.7. The topological polar surface area (TPSA) is 52.0 Å². The molecule has 0 bridgehead atoms. The maximum atomic E-state index is 6.71. The van der Waals surface area contributed by atoms with E-state index in [0.717, 1.165) is 16.8 Å². The van der Waals surface area contributed by atoms with Crippen molar-refractivity contribution in [3.8, 4) is 33.4 Å². The molecule has 9 rings (SSSR count). The molecule has 4 N–H and O–H groups in total. The van der Waals surface area contributed by atoms with E-state index in [1.54, 1.807) is 0 Å². The van der Waals surface area contributed by atoms with E-state index in [9.17, 15) is 0 Å². The van der Waals surface area contributed by atoms with Crippen LogP contribution < -0.4 is 11.5 Å². The summed E-state index contributed by atoms with van der Waals surface area (Å²) in [6.07, 6.45) is 12.5. The van der Waals surface area contributed by atoms with Gasteiger partial charge in [0.25, 0.3) is 0 Å². The third kappa shape index (κ3) is 4.64. The van der Waals surface area contributed by atoms with E-state index in [4.69, 9.17) is 11.5 Å². The van der Waals surface area contributed by atoms with Crippen molar-refractivity contribution in [3.63, 3.8) is 0 Å². The van der Waals surface area contributed by atoms with Crippen LogP contribution >= 0.6 is 0 Å². The summed E-state index contributed by atoms with van der Waals surface area (Å²) in [5, 5.41) is 5.05. The first-order valence-electron chi connectivity index (χ1n) is 17.7. The van der Waals surface area contributed by atoms with E-state index in [2.05, 4.69) is 140 Å². The summed E-state index contributed by atoms with van der Waals surface area (Å²) in [5.41, 5.74) is 27.9. The predicted molar refractivity (Wildman–Crippen MR) is 216 cm³/mol. The van der Waals surface area contributed by atoms with Gasteiger partial charge in [0.1, 0.15) is 0 Å². The van der Waals surface area contributed by atoms with Crippen LogP contribution in [0.5, 0.6) is 0 Å². The zero-order chi connectivity index (χ0) is 34.5. The van der Waals surface area contributed by atoms with Crippen molar-refractivity contribution in [3.05, 3.63) is 209 Å². The molecule has 0 amide bonds. The van der Waals surface area contributed by atoms with Gasteiger partial charge in [-0.3, -0.25) is 0 Å². The fourth-order valence-electron chi connectivity index (χ4n) is 8.62. The third-order valence-corrected chi connectivity index (χ3v) is 10.8. The zero-order valence-corrected chi connectivity index (χ0v) is 28.6. The van der Waals surface area contributed by atoms with Crippen LogP contribution in [0.15, 0.2) is 182 Å². The van der Waals surface area contributed by atoms with Crippen LogP contribution in [0, 0.1) is 0 Å². The maximum absolute atomic E-state index is 6.71. The molecular weight excluding hydrogens is 617 g/mol. The molecule has 2 heteroatoms. The zero-order valence-electron chi connectivity index (χ0n) is 28.6. The van der Waals surface area contributed by atoms with E-state index in [-0.39, 0.29) is 0 Å². The Morgan fingerprint density at radius 2 is 1.22 bits per heavy atom. The standard InChI is InChI=1S/C49H38N2/c1-2-3-18-35(50)19-5-13-27-46(51)34-17-14-16-33(30-34)41-31-45-48(40-24-8-7-21-37(40)41)47-36-20-6-4-15-32(36)28-29-44(47)49(45)42-25-11-9-22-38(42)39-23-10-12-26-43(39)49/h2-18,20-31H,19,50-51H2,1H3/b3-2-,13-5-,35-18-,46-27-. The lowest BCUT2D eigenvalue weighted by atomic mass is 9.70. The van der Waals surface area contributed by atoms with Crippen LogP contribution in [0.3, 0.4) is 0 Å². The average Bonchev–Trinajstić information content (AvgIpc) is 3.66. The summed E-state index contributed by atoms with van der Waals surface area (Å²) >= 11 is 0. The van der Waals surface area contributed by atoms with Crippen LogP contribution in [0.1, 0.15) is 41.2 Å². The van der Waals surface area contributed by atoms with E-state index in [0.29, 0.717) is 12.1 Å². The van der Waals surface area contributed by atoms with Gasteiger partial charge >= 0.3 is 0 Å². The summed E-state index contributed by atoms with van der Waals surface area (Å²) in [7, 11) is 0. The fourth-order valence-corrected chi connectivity index (χ4v) is 8.62. The second-order valence-electron chi connectivity index (χ2n) is 13.5. The number of rotatable bonds is 6. The minimum absolute atomic E-state index is 0.453. The first kappa shape index (κ1) is 30.7. The highest BCUT2D eigenvalue weighted by atomic mass is 14.6. The van der Waals surface area contributed by atoms with Gasteiger partial charge in [-0.1, -0.05) is 152 Å². The Morgan fingerprint density at radius 3 is 1.98 bits per heavy atom. The van der Waals surface area contributed by atoms with E-state index in [1.807, 2.05) is 43.4 Å². The molecule has 2 nitrogen and oxygen atoms in total. The Morgan fingerprint density at radius 1 is 0.549 bits per heavy atom. The molecule has 7 aromatic rings. The van der Waals surface area contributed by atoms with Crippen molar-refractivity contribution in [2.45, 2.75) is 18.8 Å². The smallest absolute Gasteiger partial charge is 0.0726 e.